The van der Waals surface area contributed by atoms with Crippen molar-refractivity contribution in [3.05, 3.63) is 76.0 Å². The molecule has 31 heavy (non-hydrogen) atoms. The summed E-state index contributed by atoms with van der Waals surface area (Å²) < 4.78 is 6.51. The van der Waals surface area contributed by atoms with E-state index in [0.29, 0.717) is 28.9 Å². The normalized spacial score (nSPS) is 30.1. The van der Waals surface area contributed by atoms with Crippen LogP contribution in [-0.2, 0) is 11.2 Å². The van der Waals surface area contributed by atoms with Gasteiger partial charge in [-0.15, -0.1) is 0 Å². The molecule has 5 nitrogen and oxygen atoms in total. The summed E-state index contributed by atoms with van der Waals surface area (Å²) in [6, 6.07) is 13.0. The number of ether oxygens (including phenoxy) is 1. The second kappa shape index (κ2) is 7.26. The third kappa shape index (κ3) is 3.42. The number of aromatic carboxylic acids is 1. The molecule has 2 aliphatic carbocycles. The highest BCUT2D eigenvalue weighted by atomic mass is 16.5. The third-order valence-corrected chi connectivity index (χ3v) is 7.59. The number of primary amides is 1. The SMILES string of the molecule is C[C@]12CC[C@@H]3c4ccc(C(=O)O)cc4CC[C@H]3[C@@H]1C/C(=C\c1cccc(C(N)=O)c1)O2. The van der Waals surface area contributed by atoms with Crippen molar-refractivity contribution >= 4 is 18.0 Å². The molecular formula is C26H27NO4. The molecule has 0 unspecified atom stereocenters. The van der Waals surface area contributed by atoms with Gasteiger partial charge < -0.3 is 15.6 Å². The molecule has 5 heteroatoms. The molecule has 0 spiro atoms. The summed E-state index contributed by atoms with van der Waals surface area (Å²) in [6.07, 6.45) is 6.96. The molecule has 2 fully saturated rings. The Labute approximate surface area is 181 Å². The monoisotopic (exact) mass is 417 g/mol. The van der Waals surface area contributed by atoms with Crippen molar-refractivity contribution in [1.82, 2.24) is 0 Å². The molecule has 4 atom stereocenters. The Balaban J connectivity index is 1.42. The van der Waals surface area contributed by atoms with E-state index in [9.17, 15) is 14.7 Å². The van der Waals surface area contributed by atoms with Gasteiger partial charge in [0.2, 0.25) is 5.91 Å². The van der Waals surface area contributed by atoms with Crippen LogP contribution in [0, 0.1) is 11.8 Å². The van der Waals surface area contributed by atoms with Crippen LogP contribution in [0.2, 0.25) is 0 Å². The number of benzene rings is 2. The van der Waals surface area contributed by atoms with Crippen LogP contribution < -0.4 is 5.73 Å². The maximum Gasteiger partial charge on any atom is 0.335 e. The fraction of sp³-hybridized carbons (Fsp3) is 0.385. The lowest BCUT2D eigenvalue weighted by atomic mass is 9.58. The molecule has 1 saturated heterocycles. The van der Waals surface area contributed by atoms with E-state index in [0.717, 1.165) is 43.4 Å². The van der Waals surface area contributed by atoms with Crippen molar-refractivity contribution < 1.29 is 19.4 Å². The van der Waals surface area contributed by atoms with Crippen LogP contribution in [0.4, 0.5) is 0 Å². The van der Waals surface area contributed by atoms with Crippen molar-refractivity contribution in [3.8, 4) is 0 Å². The number of carbonyl (C=O) groups excluding carboxylic acids is 1. The summed E-state index contributed by atoms with van der Waals surface area (Å²) in [5.41, 5.74) is 9.59. The first-order valence-corrected chi connectivity index (χ1v) is 11.0. The smallest absolute Gasteiger partial charge is 0.335 e. The largest absolute Gasteiger partial charge is 0.492 e. The van der Waals surface area contributed by atoms with Crippen LogP contribution in [0.1, 0.15) is 75.9 Å². The van der Waals surface area contributed by atoms with E-state index in [1.54, 1.807) is 12.1 Å². The van der Waals surface area contributed by atoms with E-state index in [2.05, 4.69) is 6.92 Å². The number of aryl methyl sites for hydroxylation is 1. The highest BCUT2D eigenvalue weighted by Crippen LogP contribution is 2.57. The lowest BCUT2D eigenvalue weighted by Gasteiger charge is -2.47. The number of allylic oxidation sites excluding steroid dienone is 1. The van der Waals surface area contributed by atoms with E-state index in [-0.39, 0.29) is 5.60 Å². The Morgan fingerprint density at radius 2 is 2.00 bits per heavy atom. The van der Waals surface area contributed by atoms with E-state index < -0.39 is 11.9 Å². The van der Waals surface area contributed by atoms with Crippen LogP contribution in [0.3, 0.4) is 0 Å². The molecule has 2 aromatic rings. The average molecular weight is 418 g/mol. The maximum atomic E-state index is 11.5. The Morgan fingerprint density at radius 3 is 2.77 bits per heavy atom. The van der Waals surface area contributed by atoms with Gasteiger partial charge in [-0.25, -0.2) is 4.79 Å². The molecule has 5 rings (SSSR count). The van der Waals surface area contributed by atoms with Gasteiger partial charge in [-0.1, -0.05) is 18.2 Å². The van der Waals surface area contributed by atoms with Crippen LogP contribution >= 0.6 is 0 Å². The van der Waals surface area contributed by atoms with Crippen molar-refractivity contribution in [2.45, 2.75) is 50.5 Å². The molecule has 160 valence electrons. The molecule has 3 N–H and O–H groups in total. The Morgan fingerprint density at radius 1 is 1.16 bits per heavy atom. The molecule has 1 heterocycles. The van der Waals surface area contributed by atoms with Crippen LogP contribution in [-0.4, -0.2) is 22.6 Å². The summed E-state index contributed by atoms with van der Waals surface area (Å²) in [5, 5.41) is 9.33. The van der Waals surface area contributed by atoms with E-state index >= 15 is 0 Å². The first kappa shape index (κ1) is 19.9. The molecule has 0 radical (unpaired) electrons. The highest BCUT2D eigenvalue weighted by Gasteiger charge is 2.53. The van der Waals surface area contributed by atoms with E-state index in [4.69, 9.17) is 10.5 Å². The van der Waals surface area contributed by atoms with Crippen molar-refractivity contribution in [1.29, 1.82) is 0 Å². The summed E-state index contributed by atoms with van der Waals surface area (Å²) >= 11 is 0. The van der Waals surface area contributed by atoms with Gasteiger partial charge in [-0.05, 0) is 91.5 Å². The molecule has 1 amide bonds. The molecule has 0 bridgehead atoms. The number of amides is 1. The summed E-state index contributed by atoms with van der Waals surface area (Å²) in [5.74, 6) is 1.12. The number of fused-ring (bicyclic) bond motifs is 5. The van der Waals surface area contributed by atoms with Gasteiger partial charge in [0, 0.05) is 17.9 Å². The van der Waals surface area contributed by atoms with Gasteiger partial charge >= 0.3 is 5.97 Å². The van der Waals surface area contributed by atoms with Gasteiger partial charge in [-0.2, -0.15) is 0 Å². The zero-order valence-electron chi connectivity index (χ0n) is 17.6. The van der Waals surface area contributed by atoms with Crippen molar-refractivity contribution in [2.24, 2.45) is 17.6 Å². The van der Waals surface area contributed by atoms with Gasteiger partial charge in [-0.3, -0.25) is 4.79 Å². The van der Waals surface area contributed by atoms with Crippen LogP contribution in [0.15, 0.2) is 48.2 Å². The minimum absolute atomic E-state index is 0.174. The Hall–Kier alpha value is -3.08. The molecule has 2 aromatic carbocycles. The van der Waals surface area contributed by atoms with Gasteiger partial charge in [0.05, 0.1) is 11.3 Å². The van der Waals surface area contributed by atoms with Gasteiger partial charge in [0.15, 0.2) is 0 Å². The minimum atomic E-state index is -0.861. The van der Waals surface area contributed by atoms with Gasteiger partial charge in [0.1, 0.15) is 5.60 Å². The maximum absolute atomic E-state index is 11.5. The molecule has 3 aliphatic rings. The molecule has 1 saturated carbocycles. The number of rotatable bonds is 3. The Kier molecular flexibility index (Phi) is 4.65. The number of carboxylic acids is 1. The summed E-state index contributed by atoms with van der Waals surface area (Å²) in [6.45, 7) is 2.23. The van der Waals surface area contributed by atoms with Crippen molar-refractivity contribution in [3.63, 3.8) is 0 Å². The van der Waals surface area contributed by atoms with Crippen LogP contribution in [0.5, 0.6) is 0 Å². The number of nitrogens with two attached hydrogens (primary N) is 1. The molecule has 0 aromatic heterocycles. The summed E-state index contributed by atoms with van der Waals surface area (Å²) in [4.78, 5) is 22.9. The summed E-state index contributed by atoms with van der Waals surface area (Å²) in [7, 11) is 0. The number of hydrogen-bond donors (Lipinski definition) is 2. The zero-order chi connectivity index (χ0) is 21.8. The lowest BCUT2D eigenvalue weighted by molar-refractivity contribution is -0.0386. The number of hydrogen-bond acceptors (Lipinski definition) is 3. The predicted molar refractivity (Wildman–Crippen MR) is 118 cm³/mol. The number of carbonyl (C=O) groups is 2. The first-order chi connectivity index (χ1) is 14.8. The van der Waals surface area contributed by atoms with E-state index in [1.165, 1.54) is 11.1 Å². The van der Waals surface area contributed by atoms with Crippen molar-refractivity contribution in [2.75, 3.05) is 0 Å². The Bertz CT molecular complexity index is 1100. The first-order valence-electron chi connectivity index (χ1n) is 11.0. The second-order valence-corrected chi connectivity index (χ2v) is 9.39. The zero-order valence-corrected chi connectivity index (χ0v) is 17.6. The third-order valence-electron chi connectivity index (χ3n) is 7.59. The quantitative estimate of drug-likeness (QED) is 0.753. The average Bonchev–Trinajstić information content (AvgIpc) is 3.09. The fourth-order valence-corrected chi connectivity index (χ4v) is 6.11. The molecule has 1 aliphatic heterocycles. The lowest BCUT2D eigenvalue weighted by Crippen LogP contribution is -2.44. The minimum Gasteiger partial charge on any atom is -0.492 e. The van der Waals surface area contributed by atoms with Gasteiger partial charge in [0.25, 0.3) is 0 Å². The number of carboxylic acid groups (broad SMARTS) is 1. The van der Waals surface area contributed by atoms with Crippen LogP contribution in [0.25, 0.3) is 6.08 Å². The standard InChI is InChI=1S/C26H27NO4/c1-26-10-9-21-20-7-6-18(25(29)30)13-16(20)5-8-22(21)23(26)14-19(31-26)12-15-3-2-4-17(11-15)24(27)28/h2-4,6-7,11-13,21-23H,5,8-10,14H2,1H3,(H2,27,28)(H,29,30)/b19-12+/t21-,22-,23+,26+/m1/s1. The second-order valence-electron chi connectivity index (χ2n) is 9.39. The predicted octanol–water partition coefficient (Wildman–Crippen LogP) is 4.76. The molecular weight excluding hydrogens is 390 g/mol. The van der Waals surface area contributed by atoms with E-state index in [1.807, 2.05) is 36.4 Å². The fourth-order valence-electron chi connectivity index (χ4n) is 6.11. The topological polar surface area (TPSA) is 89.6 Å². The highest BCUT2D eigenvalue weighted by molar-refractivity contribution is 5.93.